The van der Waals surface area contributed by atoms with Gasteiger partial charge in [-0.3, -0.25) is 9.78 Å². The lowest BCUT2D eigenvalue weighted by atomic mass is 10.0. The number of carbonyl (C=O) groups excluding carboxylic acids is 1. The summed E-state index contributed by atoms with van der Waals surface area (Å²) in [4.78, 5) is 17.7. The maximum absolute atomic E-state index is 11.3. The summed E-state index contributed by atoms with van der Waals surface area (Å²) >= 11 is 0. The Morgan fingerprint density at radius 2 is 2.11 bits per heavy atom. The van der Waals surface area contributed by atoms with Crippen molar-refractivity contribution in [1.82, 2.24) is 9.88 Å². The lowest BCUT2D eigenvalue weighted by Crippen LogP contribution is -2.41. The number of pyridine rings is 1. The van der Waals surface area contributed by atoms with Gasteiger partial charge in [0, 0.05) is 32.3 Å². The molecule has 1 saturated heterocycles. The maximum Gasteiger partial charge on any atom is 0.219 e. The fraction of sp³-hybridized carbons (Fsp3) is 0.600. The molecule has 0 aromatic carbocycles. The molecule has 1 amide bonds. The molecule has 0 bridgehead atoms. The van der Waals surface area contributed by atoms with E-state index in [2.05, 4.69) is 30.2 Å². The molecule has 0 spiro atoms. The third kappa shape index (κ3) is 3.46. The summed E-state index contributed by atoms with van der Waals surface area (Å²) in [6, 6.07) is 4.51. The Labute approximate surface area is 115 Å². The van der Waals surface area contributed by atoms with Crippen LogP contribution in [0.5, 0.6) is 0 Å². The molecule has 4 nitrogen and oxygen atoms in total. The van der Waals surface area contributed by atoms with Gasteiger partial charge in [-0.15, -0.1) is 0 Å². The summed E-state index contributed by atoms with van der Waals surface area (Å²) in [6.07, 6.45) is 3.86. The summed E-state index contributed by atoms with van der Waals surface area (Å²) in [6.45, 7) is 7.66. The van der Waals surface area contributed by atoms with Crippen LogP contribution in [0.3, 0.4) is 0 Å². The number of nitrogens with zero attached hydrogens (tertiary/aromatic N) is 2. The van der Waals surface area contributed by atoms with Crippen molar-refractivity contribution in [2.45, 2.75) is 45.6 Å². The number of amides is 1. The van der Waals surface area contributed by atoms with Crippen molar-refractivity contribution in [3.05, 3.63) is 24.0 Å². The molecule has 1 aromatic heterocycles. The van der Waals surface area contributed by atoms with Gasteiger partial charge in [0.25, 0.3) is 0 Å². The molecule has 19 heavy (non-hydrogen) atoms. The number of nitrogens with one attached hydrogen (secondary N) is 1. The SMILES string of the molecule is CC(=O)N1CCC(Nc2cccnc2C(C)C)CC1. The largest absolute Gasteiger partial charge is 0.381 e. The minimum absolute atomic E-state index is 0.183. The van der Waals surface area contributed by atoms with Gasteiger partial charge in [-0.1, -0.05) is 13.8 Å². The molecule has 1 aliphatic heterocycles. The summed E-state index contributed by atoms with van der Waals surface area (Å²) in [7, 11) is 0. The second-order valence-electron chi connectivity index (χ2n) is 5.52. The van der Waals surface area contributed by atoms with Crippen molar-refractivity contribution in [3.63, 3.8) is 0 Å². The first-order valence-corrected chi connectivity index (χ1v) is 7.05. The third-order valence-electron chi connectivity index (χ3n) is 3.69. The van der Waals surface area contributed by atoms with E-state index in [1.165, 1.54) is 0 Å². The summed E-state index contributed by atoms with van der Waals surface area (Å²) in [5.74, 6) is 0.601. The lowest BCUT2D eigenvalue weighted by Gasteiger charge is -2.32. The zero-order chi connectivity index (χ0) is 13.8. The van der Waals surface area contributed by atoms with Crippen molar-refractivity contribution in [3.8, 4) is 0 Å². The minimum Gasteiger partial charge on any atom is -0.381 e. The predicted octanol–water partition coefficient (Wildman–Crippen LogP) is 2.63. The fourth-order valence-electron chi connectivity index (χ4n) is 2.56. The van der Waals surface area contributed by atoms with E-state index in [0.29, 0.717) is 12.0 Å². The van der Waals surface area contributed by atoms with Crippen LogP contribution in [0, 0.1) is 0 Å². The molecule has 4 heteroatoms. The molecule has 0 aliphatic carbocycles. The zero-order valence-corrected chi connectivity index (χ0v) is 12.0. The van der Waals surface area contributed by atoms with Crippen LogP contribution in [-0.2, 0) is 4.79 Å². The second-order valence-corrected chi connectivity index (χ2v) is 5.52. The molecule has 1 aromatic rings. The molecule has 2 rings (SSSR count). The van der Waals surface area contributed by atoms with Gasteiger partial charge in [0.2, 0.25) is 5.91 Å². The molecule has 1 aliphatic rings. The number of aromatic nitrogens is 1. The molecule has 2 heterocycles. The maximum atomic E-state index is 11.3. The Bertz CT molecular complexity index is 437. The van der Waals surface area contributed by atoms with Crippen LogP contribution >= 0.6 is 0 Å². The number of rotatable bonds is 3. The molecule has 1 fully saturated rings. The second kappa shape index (κ2) is 6.04. The average Bonchev–Trinajstić information content (AvgIpc) is 2.39. The van der Waals surface area contributed by atoms with E-state index < -0.39 is 0 Å². The molecule has 0 unspecified atom stereocenters. The lowest BCUT2D eigenvalue weighted by molar-refractivity contribution is -0.129. The molecular formula is C15H23N3O. The van der Waals surface area contributed by atoms with Gasteiger partial charge in [0.1, 0.15) is 0 Å². The van der Waals surface area contributed by atoms with Crippen LogP contribution in [0.4, 0.5) is 5.69 Å². The van der Waals surface area contributed by atoms with Gasteiger partial charge in [-0.2, -0.15) is 0 Å². The van der Waals surface area contributed by atoms with Gasteiger partial charge in [-0.25, -0.2) is 0 Å². The average molecular weight is 261 g/mol. The van der Waals surface area contributed by atoms with Crippen molar-refractivity contribution in [2.75, 3.05) is 18.4 Å². The Kier molecular flexibility index (Phi) is 4.40. The topological polar surface area (TPSA) is 45.2 Å². The van der Waals surface area contributed by atoms with E-state index in [0.717, 1.165) is 37.3 Å². The molecule has 1 N–H and O–H groups in total. The summed E-state index contributed by atoms with van der Waals surface area (Å²) in [5, 5.41) is 3.59. The highest BCUT2D eigenvalue weighted by atomic mass is 16.2. The molecule has 0 saturated carbocycles. The predicted molar refractivity (Wildman–Crippen MR) is 77.2 cm³/mol. The van der Waals surface area contributed by atoms with E-state index in [-0.39, 0.29) is 5.91 Å². The van der Waals surface area contributed by atoms with Crippen LogP contribution in [-0.4, -0.2) is 34.9 Å². The van der Waals surface area contributed by atoms with E-state index in [1.807, 2.05) is 17.2 Å². The molecule has 0 atom stereocenters. The number of carbonyl (C=O) groups is 1. The highest BCUT2D eigenvalue weighted by molar-refractivity contribution is 5.73. The molecular weight excluding hydrogens is 238 g/mol. The number of hydrogen-bond donors (Lipinski definition) is 1. The molecule has 104 valence electrons. The first kappa shape index (κ1) is 13.8. The number of likely N-dealkylation sites (tertiary alicyclic amines) is 1. The number of piperidine rings is 1. The number of hydrogen-bond acceptors (Lipinski definition) is 3. The Morgan fingerprint density at radius 3 is 2.68 bits per heavy atom. The van der Waals surface area contributed by atoms with E-state index in [1.54, 1.807) is 6.92 Å². The summed E-state index contributed by atoms with van der Waals surface area (Å²) in [5.41, 5.74) is 2.26. The van der Waals surface area contributed by atoms with Crippen LogP contribution in [0.1, 0.15) is 45.2 Å². The molecule has 0 radical (unpaired) electrons. The van der Waals surface area contributed by atoms with E-state index >= 15 is 0 Å². The standard InChI is InChI=1S/C15H23N3O/c1-11(2)15-14(5-4-8-16-15)17-13-6-9-18(10-7-13)12(3)19/h4-5,8,11,13,17H,6-7,9-10H2,1-3H3. The third-order valence-corrected chi connectivity index (χ3v) is 3.69. The van der Waals surface area contributed by atoms with Crippen molar-refractivity contribution < 1.29 is 4.79 Å². The van der Waals surface area contributed by atoms with Crippen LogP contribution in [0.25, 0.3) is 0 Å². The van der Waals surface area contributed by atoms with Gasteiger partial charge >= 0.3 is 0 Å². The van der Waals surface area contributed by atoms with Gasteiger partial charge in [-0.05, 0) is 30.9 Å². The fourth-order valence-corrected chi connectivity index (χ4v) is 2.56. The Hall–Kier alpha value is -1.58. The highest BCUT2D eigenvalue weighted by Gasteiger charge is 2.21. The van der Waals surface area contributed by atoms with Crippen LogP contribution < -0.4 is 5.32 Å². The summed E-state index contributed by atoms with van der Waals surface area (Å²) < 4.78 is 0. The Morgan fingerprint density at radius 1 is 1.42 bits per heavy atom. The first-order valence-electron chi connectivity index (χ1n) is 7.05. The highest BCUT2D eigenvalue weighted by Crippen LogP contribution is 2.24. The van der Waals surface area contributed by atoms with Gasteiger partial charge in [0.15, 0.2) is 0 Å². The van der Waals surface area contributed by atoms with Gasteiger partial charge in [0.05, 0.1) is 11.4 Å². The minimum atomic E-state index is 0.183. The van der Waals surface area contributed by atoms with E-state index in [9.17, 15) is 4.79 Å². The van der Waals surface area contributed by atoms with Gasteiger partial charge < -0.3 is 10.2 Å². The number of anilines is 1. The van der Waals surface area contributed by atoms with Crippen LogP contribution in [0.15, 0.2) is 18.3 Å². The van der Waals surface area contributed by atoms with Crippen molar-refractivity contribution in [1.29, 1.82) is 0 Å². The first-order chi connectivity index (χ1) is 9.08. The van der Waals surface area contributed by atoms with Crippen molar-refractivity contribution in [2.24, 2.45) is 0 Å². The Balaban J connectivity index is 1.98. The quantitative estimate of drug-likeness (QED) is 0.909. The monoisotopic (exact) mass is 261 g/mol. The van der Waals surface area contributed by atoms with Crippen molar-refractivity contribution >= 4 is 11.6 Å². The normalized spacial score (nSPS) is 16.7. The van der Waals surface area contributed by atoms with E-state index in [4.69, 9.17) is 0 Å². The zero-order valence-electron chi connectivity index (χ0n) is 12.0. The smallest absolute Gasteiger partial charge is 0.219 e. The van der Waals surface area contributed by atoms with Crippen LogP contribution in [0.2, 0.25) is 0 Å².